The highest BCUT2D eigenvalue weighted by Gasteiger charge is 2.59. The average molecular weight is 588 g/mol. The number of hydrogen-bond donors (Lipinski definition) is 4. The van der Waals surface area contributed by atoms with E-state index in [4.69, 9.17) is 18.0 Å². The van der Waals surface area contributed by atoms with Gasteiger partial charge in [0.2, 0.25) is 11.9 Å². The molecule has 2 aliphatic rings. The first-order chi connectivity index (χ1) is 19.3. The van der Waals surface area contributed by atoms with Gasteiger partial charge in [-0.05, 0) is 43.4 Å². The summed E-state index contributed by atoms with van der Waals surface area (Å²) < 4.78 is 57.4. The van der Waals surface area contributed by atoms with Gasteiger partial charge in [0.15, 0.2) is 0 Å². The smallest absolute Gasteiger partial charge is 0.263 e. The molecule has 0 saturated heterocycles. The molecule has 1 aliphatic heterocycles. The second-order valence-electron chi connectivity index (χ2n) is 11.5. The van der Waals surface area contributed by atoms with Crippen LogP contribution in [0.5, 0.6) is 0 Å². The van der Waals surface area contributed by atoms with E-state index < -0.39 is 29.9 Å². The molecule has 0 spiro atoms. The number of halogens is 5. The zero-order valence-corrected chi connectivity index (χ0v) is 23.7. The van der Waals surface area contributed by atoms with Gasteiger partial charge in [0.1, 0.15) is 11.2 Å². The van der Waals surface area contributed by atoms with Crippen molar-refractivity contribution in [3.8, 4) is 12.3 Å². The average Bonchev–Trinajstić information content (AvgIpc) is 3.62. The first-order valence-corrected chi connectivity index (χ1v) is 13.4. The molecule has 5 rings (SSSR count). The SMILES string of the molecule is C#Cc1cnc2c(Cl)cc(N[C@H](C3=C(F)N(C4(C(F)F)CC4)NN3)c3ccc(F)nc3C)cc2c1NCC(C)(C)C. The van der Waals surface area contributed by atoms with Gasteiger partial charge in [-0.3, -0.25) is 9.99 Å². The van der Waals surface area contributed by atoms with Crippen molar-refractivity contribution in [2.75, 3.05) is 17.2 Å². The van der Waals surface area contributed by atoms with Gasteiger partial charge in [0.25, 0.3) is 6.43 Å². The van der Waals surface area contributed by atoms with Gasteiger partial charge in [-0.2, -0.15) is 8.78 Å². The van der Waals surface area contributed by atoms with Crippen LogP contribution in [0.2, 0.25) is 5.02 Å². The van der Waals surface area contributed by atoms with E-state index in [-0.39, 0.29) is 29.6 Å². The number of anilines is 2. The standard InChI is InChI=1S/C29H30ClF4N7/c1-6-16-13-35-23-19(22(16)36-14-28(3,4)5)11-17(12-20(23)30)38-24(18-7-8-21(31)37-15(18)2)25-26(32)41(40-39-25)29(9-10-29)27(33)34/h1,7-8,11-13,24,27,38-40H,9-10,14H2,2-5H3,(H,35,36)/t24-/m0/s1. The summed E-state index contributed by atoms with van der Waals surface area (Å²) in [5.74, 6) is 1.05. The molecule has 216 valence electrons. The van der Waals surface area contributed by atoms with Gasteiger partial charge >= 0.3 is 0 Å². The third kappa shape index (κ3) is 5.46. The van der Waals surface area contributed by atoms with Crippen LogP contribution in [0.4, 0.5) is 28.9 Å². The molecular formula is C29H30ClF4N7. The third-order valence-electron chi connectivity index (χ3n) is 7.21. The number of rotatable bonds is 8. The highest BCUT2D eigenvalue weighted by atomic mass is 35.5. The van der Waals surface area contributed by atoms with Gasteiger partial charge < -0.3 is 16.1 Å². The zero-order valence-electron chi connectivity index (χ0n) is 23.0. The highest BCUT2D eigenvalue weighted by molar-refractivity contribution is 6.35. The number of benzene rings is 1. The molecule has 0 unspecified atom stereocenters. The van der Waals surface area contributed by atoms with Gasteiger partial charge in [-0.1, -0.05) is 44.4 Å². The molecule has 12 heteroatoms. The van der Waals surface area contributed by atoms with Crippen molar-refractivity contribution in [1.82, 2.24) is 25.9 Å². The molecule has 1 aromatic carbocycles. The number of terminal acetylenes is 1. The number of nitrogens with zero attached hydrogens (tertiary/aromatic N) is 3. The summed E-state index contributed by atoms with van der Waals surface area (Å²) >= 11 is 6.67. The monoisotopic (exact) mass is 587 g/mol. The zero-order chi connectivity index (χ0) is 29.7. The highest BCUT2D eigenvalue weighted by Crippen LogP contribution is 2.49. The molecule has 3 aromatic rings. The maximum Gasteiger partial charge on any atom is 0.263 e. The predicted octanol–water partition coefficient (Wildman–Crippen LogP) is 6.58. The fourth-order valence-corrected chi connectivity index (χ4v) is 5.09. The van der Waals surface area contributed by atoms with E-state index in [2.05, 4.69) is 58.3 Å². The fraction of sp³-hybridized carbons (Fsp3) is 0.379. The van der Waals surface area contributed by atoms with Crippen molar-refractivity contribution in [1.29, 1.82) is 0 Å². The number of hydrogen-bond acceptors (Lipinski definition) is 7. The number of aryl methyl sites for hydroxylation is 1. The van der Waals surface area contributed by atoms with Gasteiger partial charge in [0.05, 0.1) is 27.8 Å². The molecule has 0 radical (unpaired) electrons. The number of alkyl halides is 2. The number of aromatic nitrogens is 2. The van der Waals surface area contributed by atoms with E-state index in [1.807, 2.05) is 0 Å². The second-order valence-corrected chi connectivity index (χ2v) is 11.9. The minimum atomic E-state index is -2.77. The largest absolute Gasteiger partial charge is 0.383 e. The van der Waals surface area contributed by atoms with Crippen molar-refractivity contribution in [3.05, 3.63) is 69.9 Å². The Morgan fingerprint density at radius 2 is 1.95 bits per heavy atom. The first-order valence-electron chi connectivity index (χ1n) is 13.1. The molecule has 2 aromatic heterocycles. The van der Waals surface area contributed by atoms with E-state index in [9.17, 15) is 13.2 Å². The summed E-state index contributed by atoms with van der Waals surface area (Å²) in [5.41, 5.74) is 6.39. The normalized spacial score (nSPS) is 17.0. The Morgan fingerprint density at radius 1 is 1.22 bits per heavy atom. The van der Waals surface area contributed by atoms with Gasteiger partial charge in [-0.25, -0.2) is 13.8 Å². The second kappa shape index (κ2) is 10.6. The Kier molecular flexibility index (Phi) is 7.42. The minimum absolute atomic E-state index is 0.0620. The Morgan fingerprint density at radius 3 is 2.56 bits per heavy atom. The van der Waals surface area contributed by atoms with Crippen molar-refractivity contribution in [3.63, 3.8) is 0 Å². The van der Waals surface area contributed by atoms with Crippen LogP contribution in [-0.2, 0) is 0 Å². The van der Waals surface area contributed by atoms with Crippen LogP contribution < -0.4 is 21.6 Å². The van der Waals surface area contributed by atoms with Crippen molar-refractivity contribution in [2.24, 2.45) is 5.41 Å². The van der Waals surface area contributed by atoms with Crippen LogP contribution in [0.15, 0.2) is 42.1 Å². The van der Waals surface area contributed by atoms with Crippen LogP contribution >= 0.6 is 11.6 Å². The summed E-state index contributed by atoms with van der Waals surface area (Å²) in [6.07, 6.45) is 4.84. The molecular weight excluding hydrogens is 558 g/mol. The minimum Gasteiger partial charge on any atom is -0.383 e. The molecule has 1 aliphatic carbocycles. The van der Waals surface area contributed by atoms with Crippen LogP contribution in [-0.4, -0.2) is 33.5 Å². The van der Waals surface area contributed by atoms with Crippen LogP contribution in [0, 0.1) is 30.6 Å². The Labute approximate surface area is 240 Å². The Hall–Kier alpha value is -3.75. The topological polar surface area (TPSA) is 77.1 Å². The maximum atomic E-state index is 15.8. The molecule has 1 saturated carbocycles. The molecule has 1 fully saturated rings. The van der Waals surface area contributed by atoms with Gasteiger partial charge in [0, 0.05) is 35.1 Å². The Bertz CT molecular complexity index is 1570. The third-order valence-corrected chi connectivity index (χ3v) is 7.50. The quantitative estimate of drug-likeness (QED) is 0.103. The van der Waals surface area contributed by atoms with Crippen molar-refractivity contribution in [2.45, 2.75) is 58.5 Å². The van der Waals surface area contributed by atoms with Gasteiger partial charge in [-0.15, -0.1) is 12.0 Å². The van der Waals surface area contributed by atoms with E-state index in [1.165, 1.54) is 6.07 Å². The maximum absolute atomic E-state index is 15.8. The number of pyridine rings is 2. The van der Waals surface area contributed by atoms with E-state index >= 15 is 4.39 Å². The lowest BCUT2D eigenvalue weighted by molar-refractivity contribution is -0.00954. The lowest BCUT2D eigenvalue weighted by atomic mass is 9.96. The van der Waals surface area contributed by atoms with Crippen molar-refractivity contribution >= 4 is 33.9 Å². The van der Waals surface area contributed by atoms with Crippen LogP contribution in [0.1, 0.15) is 56.5 Å². The first kappa shape index (κ1) is 28.8. The summed E-state index contributed by atoms with van der Waals surface area (Å²) in [5, 5.41) is 8.44. The molecule has 0 bridgehead atoms. The lowest BCUT2D eigenvalue weighted by Gasteiger charge is -2.26. The number of fused-ring (bicyclic) bond motifs is 1. The van der Waals surface area contributed by atoms with E-state index in [0.29, 0.717) is 45.0 Å². The molecule has 41 heavy (non-hydrogen) atoms. The lowest BCUT2D eigenvalue weighted by Crippen LogP contribution is -2.49. The van der Waals surface area contributed by atoms with E-state index in [0.717, 1.165) is 11.1 Å². The van der Waals surface area contributed by atoms with Crippen LogP contribution in [0.3, 0.4) is 0 Å². The molecule has 3 heterocycles. The fourth-order valence-electron chi connectivity index (χ4n) is 4.82. The molecule has 0 amide bonds. The van der Waals surface area contributed by atoms with Crippen molar-refractivity contribution < 1.29 is 17.6 Å². The summed E-state index contributed by atoms with van der Waals surface area (Å²) in [6, 6.07) is 5.04. The molecule has 4 N–H and O–H groups in total. The summed E-state index contributed by atoms with van der Waals surface area (Å²) in [4.78, 5) is 8.34. The number of nitrogens with one attached hydrogen (secondary N) is 4. The van der Waals surface area contributed by atoms with E-state index in [1.54, 1.807) is 25.3 Å². The molecule has 1 atom stereocenters. The van der Waals surface area contributed by atoms with Crippen LogP contribution in [0.25, 0.3) is 10.9 Å². The molecule has 7 nitrogen and oxygen atoms in total. The Balaban J connectivity index is 1.61. The number of hydrazine groups is 2. The predicted molar refractivity (Wildman–Crippen MR) is 152 cm³/mol. The summed E-state index contributed by atoms with van der Waals surface area (Å²) in [6.45, 7) is 8.43. The summed E-state index contributed by atoms with van der Waals surface area (Å²) in [7, 11) is 0.